The van der Waals surface area contributed by atoms with Gasteiger partial charge in [-0.2, -0.15) is 0 Å². The minimum absolute atomic E-state index is 0.123. The maximum Gasteiger partial charge on any atom is 0.256 e. The van der Waals surface area contributed by atoms with Crippen LogP contribution in [0.15, 0.2) is 42.5 Å². The van der Waals surface area contributed by atoms with Crippen LogP contribution in [0.2, 0.25) is 0 Å². The molecule has 0 radical (unpaired) electrons. The van der Waals surface area contributed by atoms with Crippen LogP contribution in [-0.4, -0.2) is 36.9 Å². The number of hydrogen-bond acceptors (Lipinski definition) is 4. The van der Waals surface area contributed by atoms with Gasteiger partial charge in [-0.15, -0.1) is 0 Å². The minimum Gasteiger partial charge on any atom is -0.467 e. The van der Waals surface area contributed by atoms with E-state index in [1.807, 2.05) is 36.4 Å². The molecule has 27 heavy (non-hydrogen) atoms. The number of methoxy groups -OCH3 is 1. The molecule has 1 heterocycles. The zero-order chi connectivity index (χ0) is 19.4. The van der Waals surface area contributed by atoms with Gasteiger partial charge in [-0.05, 0) is 36.1 Å². The first-order valence-corrected chi connectivity index (χ1v) is 9.35. The maximum atomic E-state index is 12.8. The van der Waals surface area contributed by atoms with Crippen LogP contribution < -0.4 is 4.74 Å². The quantitative estimate of drug-likeness (QED) is 0.724. The lowest BCUT2D eigenvalue weighted by Crippen LogP contribution is -2.41. The Morgan fingerprint density at radius 2 is 1.89 bits per heavy atom. The van der Waals surface area contributed by atoms with Crippen LogP contribution in [0.5, 0.6) is 5.75 Å². The van der Waals surface area contributed by atoms with Crippen molar-refractivity contribution >= 4 is 5.91 Å². The van der Waals surface area contributed by atoms with Gasteiger partial charge in [0.05, 0.1) is 5.56 Å². The number of aliphatic hydroxyl groups is 1. The highest BCUT2D eigenvalue weighted by atomic mass is 16.7. The fourth-order valence-corrected chi connectivity index (χ4v) is 3.65. The number of ether oxygens (including phenoxy) is 2. The number of rotatable bonds is 8. The predicted octanol–water partition coefficient (Wildman–Crippen LogP) is 3.49. The molecule has 0 spiro atoms. The third kappa shape index (κ3) is 3.70. The third-order valence-electron chi connectivity index (χ3n) is 5.18. The molecule has 1 amide bonds. The third-order valence-corrected chi connectivity index (χ3v) is 5.18. The topological polar surface area (TPSA) is 59.0 Å². The summed E-state index contributed by atoms with van der Waals surface area (Å²) in [6.07, 6.45) is 2.86. The van der Waals surface area contributed by atoms with Crippen LogP contribution in [0, 0.1) is 0 Å². The van der Waals surface area contributed by atoms with Gasteiger partial charge < -0.3 is 19.5 Å². The molecule has 1 atom stereocenters. The standard InChI is InChI=1S/C22H27NO4/c1-4-8-17-13-19-18(14-20(17)27-15-26-3)21(24)23(2)22(19,25)12-11-16-9-6-5-7-10-16/h5-7,9-10,13-14,25H,4,8,11-12,15H2,1-3H3. The van der Waals surface area contributed by atoms with Crippen molar-refractivity contribution in [2.75, 3.05) is 21.0 Å². The fraction of sp³-hybridized carbons (Fsp3) is 0.409. The van der Waals surface area contributed by atoms with E-state index in [1.54, 1.807) is 20.2 Å². The largest absolute Gasteiger partial charge is 0.467 e. The molecule has 0 bridgehead atoms. The molecule has 1 N–H and O–H groups in total. The Hall–Kier alpha value is -2.37. The Bertz CT molecular complexity index is 805. The van der Waals surface area contributed by atoms with Gasteiger partial charge in [-0.3, -0.25) is 4.79 Å². The van der Waals surface area contributed by atoms with Crippen molar-refractivity contribution in [3.05, 3.63) is 64.7 Å². The molecular weight excluding hydrogens is 342 g/mol. The second-order valence-electron chi connectivity index (χ2n) is 6.97. The molecule has 1 unspecified atom stereocenters. The normalized spacial score (nSPS) is 18.7. The summed E-state index contributed by atoms with van der Waals surface area (Å²) in [7, 11) is 3.22. The van der Waals surface area contributed by atoms with E-state index in [0.29, 0.717) is 29.7 Å². The lowest BCUT2D eigenvalue weighted by atomic mass is 9.92. The number of aryl methyl sites for hydroxylation is 2. The molecule has 1 aliphatic rings. The SMILES string of the molecule is CCCc1cc2c(cc1OCOC)C(=O)N(C)C2(O)CCc1ccccc1. The van der Waals surface area contributed by atoms with E-state index >= 15 is 0 Å². The molecule has 2 aromatic carbocycles. The van der Waals surface area contributed by atoms with E-state index in [4.69, 9.17) is 9.47 Å². The fourth-order valence-electron chi connectivity index (χ4n) is 3.65. The van der Waals surface area contributed by atoms with Crippen LogP contribution in [0.3, 0.4) is 0 Å². The molecule has 0 aliphatic carbocycles. The van der Waals surface area contributed by atoms with E-state index in [-0.39, 0.29) is 12.7 Å². The first-order chi connectivity index (χ1) is 13.0. The number of amides is 1. The summed E-state index contributed by atoms with van der Waals surface area (Å²) in [4.78, 5) is 14.2. The lowest BCUT2D eigenvalue weighted by Gasteiger charge is -2.32. The van der Waals surface area contributed by atoms with Crippen LogP contribution in [0.4, 0.5) is 0 Å². The minimum atomic E-state index is -1.31. The second kappa shape index (κ2) is 8.11. The zero-order valence-corrected chi connectivity index (χ0v) is 16.2. The Kier molecular flexibility index (Phi) is 5.82. The molecule has 5 heteroatoms. The van der Waals surface area contributed by atoms with Gasteiger partial charge in [0, 0.05) is 26.1 Å². The highest BCUT2D eigenvalue weighted by Crippen LogP contribution is 2.42. The monoisotopic (exact) mass is 369 g/mol. The van der Waals surface area contributed by atoms with E-state index in [9.17, 15) is 9.90 Å². The lowest BCUT2D eigenvalue weighted by molar-refractivity contribution is -0.0782. The first kappa shape index (κ1) is 19.4. The van der Waals surface area contributed by atoms with Crippen molar-refractivity contribution in [3.63, 3.8) is 0 Å². The van der Waals surface area contributed by atoms with Gasteiger partial charge in [-0.25, -0.2) is 0 Å². The van der Waals surface area contributed by atoms with Gasteiger partial charge in [0.15, 0.2) is 12.5 Å². The van der Waals surface area contributed by atoms with E-state index in [1.165, 1.54) is 4.90 Å². The number of nitrogens with zero attached hydrogens (tertiary/aromatic N) is 1. The molecule has 0 fully saturated rings. The van der Waals surface area contributed by atoms with Crippen molar-refractivity contribution in [1.29, 1.82) is 0 Å². The van der Waals surface area contributed by atoms with Crippen LogP contribution in [-0.2, 0) is 23.3 Å². The number of carbonyl (C=O) groups excluding carboxylic acids is 1. The summed E-state index contributed by atoms with van der Waals surface area (Å²) in [5, 5.41) is 11.4. The molecule has 5 nitrogen and oxygen atoms in total. The highest BCUT2D eigenvalue weighted by Gasteiger charge is 2.46. The van der Waals surface area contributed by atoms with Gasteiger partial charge in [0.25, 0.3) is 5.91 Å². The van der Waals surface area contributed by atoms with Crippen molar-refractivity contribution in [2.45, 2.75) is 38.3 Å². The summed E-state index contributed by atoms with van der Waals surface area (Å²) >= 11 is 0. The van der Waals surface area contributed by atoms with Crippen molar-refractivity contribution < 1.29 is 19.4 Å². The Balaban J connectivity index is 1.96. The van der Waals surface area contributed by atoms with Crippen LogP contribution in [0.25, 0.3) is 0 Å². The molecule has 2 aromatic rings. The van der Waals surface area contributed by atoms with Crippen molar-refractivity contribution in [3.8, 4) is 5.75 Å². The molecule has 0 saturated carbocycles. The van der Waals surface area contributed by atoms with Gasteiger partial charge in [-0.1, -0.05) is 43.7 Å². The van der Waals surface area contributed by atoms with E-state index in [2.05, 4.69) is 6.92 Å². The van der Waals surface area contributed by atoms with Crippen LogP contribution >= 0.6 is 0 Å². The zero-order valence-electron chi connectivity index (χ0n) is 16.2. The Morgan fingerprint density at radius 1 is 1.15 bits per heavy atom. The van der Waals surface area contributed by atoms with Crippen LogP contribution in [0.1, 0.15) is 46.8 Å². The molecule has 144 valence electrons. The highest BCUT2D eigenvalue weighted by molar-refractivity contribution is 6.00. The molecule has 3 rings (SSSR count). The van der Waals surface area contributed by atoms with Gasteiger partial charge in [0.2, 0.25) is 0 Å². The van der Waals surface area contributed by atoms with E-state index < -0.39 is 5.72 Å². The summed E-state index contributed by atoms with van der Waals surface area (Å²) in [5.41, 5.74) is 1.96. The average Bonchev–Trinajstić information content (AvgIpc) is 2.87. The maximum absolute atomic E-state index is 12.8. The molecular formula is C22H27NO4. The summed E-state index contributed by atoms with van der Waals surface area (Å²) in [6.45, 7) is 2.21. The molecule has 1 aliphatic heterocycles. The summed E-state index contributed by atoms with van der Waals surface area (Å²) < 4.78 is 10.7. The summed E-state index contributed by atoms with van der Waals surface area (Å²) in [6, 6.07) is 13.7. The van der Waals surface area contributed by atoms with E-state index in [0.717, 1.165) is 24.0 Å². The number of hydrogen-bond donors (Lipinski definition) is 1. The Labute approximate surface area is 160 Å². The second-order valence-corrected chi connectivity index (χ2v) is 6.97. The molecule has 0 aromatic heterocycles. The average molecular weight is 369 g/mol. The van der Waals surface area contributed by atoms with Crippen molar-refractivity contribution in [2.24, 2.45) is 0 Å². The number of benzene rings is 2. The summed E-state index contributed by atoms with van der Waals surface area (Å²) in [5.74, 6) is 0.456. The number of fused-ring (bicyclic) bond motifs is 1. The number of carbonyl (C=O) groups is 1. The Morgan fingerprint density at radius 3 is 2.56 bits per heavy atom. The van der Waals surface area contributed by atoms with Crippen molar-refractivity contribution in [1.82, 2.24) is 4.90 Å². The smallest absolute Gasteiger partial charge is 0.256 e. The van der Waals surface area contributed by atoms with Gasteiger partial charge >= 0.3 is 0 Å². The first-order valence-electron chi connectivity index (χ1n) is 9.35. The van der Waals surface area contributed by atoms with Gasteiger partial charge in [0.1, 0.15) is 5.75 Å². The predicted molar refractivity (Wildman–Crippen MR) is 104 cm³/mol. The molecule has 0 saturated heterocycles.